The summed E-state index contributed by atoms with van der Waals surface area (Å²) in [4.78, 5) is 13.9. The first kappa shape index (κ1) is 18.8. The monoisotopic (exact) mass is 336 g/mol. The summed E-state index contributed by atoms with van der Waals surface area (Å²) >= 11 is 0. The van der Waals surface area contributed by atoms with Gasteiger partial charge in [-0.05, 0) is 37.4 Å². The molecule has 7 heteroatoms. The molecule has 1 saturated heterocycles. The number of alkyl halides is 3. The molecular formula is C15H20ClF3N2O. The number of halogens is 4. The number of likely N-dealkylation sites (tertiary alicyclic amines) is 1. The Kier molecular flexibility index (Phi) is 6.26. The molecule has 0 aromatic heterocycles. The van der Waals surface area contributed by atoms with E-state index in [2.05, 4.69) is 0 Å². The van der Waals surface area contributed by atoms with E-state index >= 15 is 0 Å². The van der Waals surface area contributed by atoms with E-state index in [1.807, 2.05) is 6.92 Å². The lowest BCUT2D eigenvalue weighted by Crippen LogP contribution is -2.36. The SMILES string of the molecule is CC1CC(CN)CN1C(=O)Cc1ccccc1C(F)(F)F.Cl. The fourth-order valence-corrected chi connectivity index (χ4v) is 2.88. The van der Waals surface area contributed by atoms with Gasteiger partial charge in [-0.15, -0.1) is 12.4 Å². The van der Waals surface area contributed by atoms with Gasteiger partial charge in [0.15, 0.2) is 0 Å². The molecule has 2 N–H and O–H groups in total. The van der Waals surface area contributed by atoms with Gasteiger partial charge in [0.1, 0.15) is 0 Å². The van der Waals surface area contributed by atoms with Gasteiger partial charge in [0.2, 0.25) is 5.91 Å². The predicted octanol–water partition coefficient (Wildman–Crippen LogP) is 2.87. The number of nitrogens with zero attached hydrogens (tertiary/aromatic N) is 1. The Bertz CT molecular complexity index is 522. The Hall–Kier alpha value is -1.27. The summed E-state index contributed by atoms with van der Waals surface area (Å²) in [5.41, 5.74) is 4.90. The van der Waals surface area contributed by atoms with Crippen LogP contribution in [0.25, 0.3) is 0 Å². The van der Waals surface area contributed by atoms with Crippen molar-refractivity contribution in [3.63, 3.8) is 0 Å². The molecule has 0 spiro atoms. The summed E-state index contributed by atoms with van der Waals surface area (Å²) in [6, 6.07) is 5.26. The molecule has 0 saturated carbocycles. The van der Waals surface area contributed by atoms with Crippen LogP contribution in [0, 0.1) is 5.92 Å². The maximum atomic E-state index is 12.9. The molecule has 2 unspecified atom stereocenters. The summed E-state index contributed by atoms with van der Waals surface area (Å²) in [6.07, 6.45) is -3.85. The molecule has 0 bridgehead atoms. The molecule has 2 rings (SSSR count). The predicted molar refractivity (Wildman–Crippen MR) is 80.7 cm³/mol. The third-order valence-electron chi connectivity index (χ3n) is 3.98. The summed E-state index contributed by atoms with van der Waals surface area (Å²) in [5, 5.41) is 0. The van der Waals surface area contributed by atoms with Gasteiger partial charge in [0.05, 0.1) is 12.0 Å². The van der Waals surface area contributed by atoms with Gasteiger partial charge in [-0.25, -0.2) is 0 Å². The maximum absolute atomic E-state index is 12.9. The number of benzene rings is 1. The maximum Gasteiger partial charge on any atom is 0.416 e. The summed E-state index contributed by atoms with van der Waals surface area (Å²) in [7, 11) is 0. The average Bonchev–Trinajstić information content (AvgIpc) is 2.79. The van der Waals surface area contributed by atoms with E-state index in [1.54, 1.807) is 4.90 Å². The largest absolute Gasteiger partial charge is 0.416 e. The van der Waals surface area contributed by atoms with E-state index in [-0.39, 0.29) is 42.3 Å². The minimum atomic E-state index is -4.44. The van der Waals surface area contributed by atoms with Gasteiger partial charge in [-0.3, -0.25) is 4.79 Å². The number of amides is 1. The van der Waals surface area contributed by atoms with Crippen LogP contribution in [-0.2, 0) is 17.4 Å². The van der Waals surface area contributed by atoms with Gasteiger partial charge >= 0.3 is 6.18 Å². The van der Waals surface area contributed by atoms with E-state index in [0.29, 0.717) is 13.1 Å². The molecule has 1 amide bonds. The van der Waals surface area contributed by atoms with Crippen molar-refractivity contribution >= 4 is 18.3 Å². The van der Waals surface area contributed by atoms with Crippen molar-refractivity contribution in [2.75, 3.05) is 13.1 Å². The molecule has 1 heterocycles. The zero-order valence-electron chi connectivity index (χ0n) is 12.3. The fraction of sp³-hybridized carbons (Fsp3) is 0.533. The molecule has 0 radical (unpaired) electrons. The smallest absolute Gasteiger partial charge is 0.339 e. The van der Waals surface area contributed by atoms with Crippen LogP contribution in [0.3, 0.4) is 0 Å². The Morgan fingerprint density at radius 2 is 2.00 bits per heavy atom. The Balaban J connectivity index is 0.00000242. The first-order chi connectivity index (χ1) is 9.82. The zero-order chi connectivity index (χ0) is 15.6. The number of carbonyl (C=O) groups is 1. The van der Waals surface area contributed by atoms with Gasteiger partial charge in [0.25, 0.3) is 0 Å². The fourth-order valence-electron chi connectivity index (χ4n) is 2.88. The second-order valence-electron chi connectivity index (χ2n) is 5.56. The van der Waals surface area contributed by atoms with Gasteiger partial charge in [0, 0.05) is 12.6 Å². The Labute approximate surface area is 134 Å². The van der Waals surface area contributed by atoms with Crippen molar-refractivity contribution in [1.82, 2.24) is 4.90 Å². The lowest BCUT2D eigenvalue weighted by molar-refractivity contribution is -0.138. The molecule has 1 aromatic rings. The summed E-state index contributed by atoms with van der Waals surface area (Å²) in [6.45, 7) is 2.93. The van der Waals surface area contributed by atoms with Crippen molar-refractivity contribution in [2.24, 2.45) is 11.7 Å². The van der Waals surface area contributed by atoms with Gasteiger partial charge < -0.3 is 10.6 Å². The van der Waals surface area contributed by atoms with Crippen LogP contribution in [0.1, 0.15) is 24.5 Å². The van der Waals surface area contributed by atoms with Crippen LogP contribution in [0.2, 0.25) is 0 Å². The highest BCUT2D eigenvalue weighted by molar-refractivity contribution is 5.85. The highest BCUT2D eigenvalue weighted by Gasteiger charge is 2.35. The van der Waals surface area contributed by atoms with Crippen LogP contribution >= 0.6 is 12.4 Å². The topological polar surface area (TPSA) is 46.3 Å². The van der Waals surface area contributed by atoms with Crippen LogP contribution in [0.5, 0.6) is 0 Å². The third-order valence-corrected chi connectivity index (χ3v) is 3.98. The van der Waals surface area contributed by atoms with Crippen molar-refractivity contribution in [1.29, 1.82) is 0 Å². The summed E-state index contributed by atoms with van der Waals surface area (Å²) < 4.78 is 38.8. The van der Waals surface area contributed by atoms with Crippen molar-refractivity contribution in [3.8, 4) is 0 Å². The number of hydrogen-bond acceptors (Lipinski definition) is 2. The Morgan fingerprint density at radius 1 is 1.36 bits per heavy atom. The number of carbonyl (C=O) groups excluding carboxylic acids is 1. The minimum Gasteiger partial charge on any atom is -0.339 e. The van der Waals surface area contributed by atoms with Crippen molar-refractivity contribution < 1.29 is 18.0 Å². The highest BCUT2D eigenvalue weighted by atomic mass is 35.5. The van der Waals surface area contributed by atoms with Crippen LogP contribution in [0.15, 0.2) is 24.3 Å². The van der Waals surface area contributed by atoms with Crippen LogP contribution in [-0.4, -0.2) is 29.9 Å². The van der Waals surface area contributed by atoms with E-state index in [0.717, 1.165) is 12.5 Å². The first-order valence-electron chi connectivity index (χ1n) is 6.97. The van der Waals surface area contributed by atoms with E-state index < -0.39 is 11.7 Å². The lowest BCUT2D eigenvalue weighted by Gasteiger charge is -2.22. The number of rotatable bonds is 3. The molecule has 0 aliphatic carbocycles. The van der Waals surface area contributed by atoms with Gasteiger partial charge in [-0.2, -0.15) is 13.2 Å². The minimum absolute atomic E-state index is 0. The molecule has 1 aliphatic heterocycles. The van der Waals surface area contributed by atoms with Crippen LogP contribution in [0.4, 0.5) is 13.2 Å². The molecule has 1 aromatic carbocycles. The molecule has 22 heavy (non-hydrogen) atoms. The van der Waals surface area contributed by atoms with Crippen LogP contribution < -0.4 is 5.73 Å². The van der Waals surface area contributed by atoms with E-state index in [4.69, 9.17) is 5.73 Å². The standard InChI is InChI=1S/C15H19F3N2O.ClH/c1-10-6-11(8-19)9-20(10)14(21)7-12-4-2-3-5-13(12)15(16,17)18;/h2-5,10-11H,6-9,19H2,1H3;1H. The van der Waals surface area contributed by atoms with Gasteiger partial charge in [-0.1, -0.05) is 18.2 Å². The molecule has 1 aliphatic rings. The molecule has 124 valence electrons. The van der Waals surface area contributed by atoms with E-state index in [1.165, 1.54) is 18.2 Å². The second-order valence-corrected chi connectivity index (χ2v) is 5.56. The lowest BCUT2D eigenvalue weighted by atomic mass is 10.0. The molecular weight excluding hydrogens is 317 g/mol. The molecule has 2 atom stereocenters. The third kappa shape index (κ3) is 4.14. The highest BCUT2D eigenvalue weighted by Crippen LogP contribution is 2.32. The number of nitrogens with two attached hydrogens (primary N) is 1. The normalized spacial score (nSPS) is 21.6. The van der Waals surface area contributed by atoms with Crippen molar-refractivity contribution in [3.05, 3.63) is 35.4 Å². The Morgan fingerprint density at radius 3 is 2.55 bits per heavy atom. The average molecular weight is 337 g/mol. The quantitative estimate of drug-likeness (QED) is 0.922. The van der Waals surface area contributed by atoms with E-state index in [9.17, 15) is 18.0 Å². The molecule has 1 fully saturated rings. The zero-order valence-corrected chi connectivity index (χ0v) is 13.1. The number of hydrogen-bond donors (Lipinski definition) is 1. The second kappa shape index (κ2) is 7.33. The molecule has 3 nitrogen and oxygen atoms in total. The summed E-state index contributed by atoms with van der Waals surface area (Å²) in [5.74, 6) is -0.0306. The first-order valence-corrected chi connectivity index (χ1v) is 6.97. The van der Waals surface area contributed by atoms with Crippen molar-refractivity contribution in [2.45, 2.75) is 32.0 Å².